The fourth-order valence-electron chi connectivity index (χ4n) is 3.80. The van der Waals surface area contributed by atoms with Crippen molar-refractivity contribution in [2.75, 3.05) is 36.8 Å². The summed E-state index contributed by atoms with van der Waals surface area (Å²) in [4.78, 5) is 25.3. The summed E-state index contributed by atoms with van der Waals surface area (Å²) in [5, 5.41) is 3.53. The predicted molar refractivity (Wildman–Crippen MR) is 109 cm³/mol. The second-order valence-electron chi connectivity index (χ2n) is 6.93. The Balaban J connectivity index is 1.65. The fraction of sp³-hybridized carbons (Fsp3) is 0.200. The summed E-state index contributed by atoms with van der Waals surface area (Å²) < 4.78 is 14.3. The fourth-order valence-corrected chi connectivity index (χ4v) is 3.80. The lowest BCUT2D eigenvalue weighted by Crippen LogP contribution is -2.43. The minimum Gasteiger partial charge on any atom is -0.397 e. The summed E-state index contributed by atoms with van der Waals surface area (Å²) in [6.07, 6.45) is 0. The molecule has 0 unspecified atom stereocenters. The standard InChI is InChI=1S/C20H19FN6O/c21-12-2-1-3-14-16(12)18(22)17(20(28)26-14)19-24-13-5-4-11(10-15(13)25-19)27-8-6-23-7-9-27/h1-5,10,23H,6-9H2,(H,24,25)(H3,22,26,28). The van der Waals surface area contributed by atoms with Crippen molar-refractivity contribution in [3.8, 4) is 11.4 Å². The van der Waals surface area contributed by atoms with Gasteiger partial charge in [-0.05, 0) is 30.3 Å². The van der Waals surface area contributed by atoms with Crippen molar-refractivity contribution in [3.63, 3.8) is 0 Å². The number of nitrogens with zero attached hydrogens (tertiary/aromatic N) is 2. The van der Waals surface area contributed by atoms with Gasteiger partial charge >= 0.3 is 0 Å². The Bertz CT molecular complexity index is 1260. The predicted octanol–water partition coefficient (Wildman–Crippen LogP) is 2.20. The second-order valence-corrected chi connectivity index (χ2v) is 6.93. The van der Waals surface area contributed by atoms with Crippen LogP contribution in [0.1, 0.15) is 0 Å². The molecule has 0 spiro atoms. The van der Waals surface area contributed by atoms with Crippen LogP contribution in [0.15, 0.2) is 41.2 Å². The molecule has 0 radical (unpaired) electrons. The minimum atomic E-state index is -0.482. The molecule has 0 bridgehead atoms. The Kier molecular flexibility index (Phi) is 3.80. The van der Waals surface area contributed by atoms with Crippen LogP contribution >= 0.6 is 0 Å². The molecule has 1 aliphatic rings. The minimum absolute atomic E-state index is 0.0817. The average molecular weight is 378 g/mol. The molecule has 5 rings (SSSR count). The molecule has 7 nitrogen and oxygen atoms in total. The van der Waals surface area contributed by atoms with Gasteiger partial charge in [-0.15, -0.1) is 0 Å². The van der Waals surface area contributed by atoms with Gasteiger partial charge in [0.2, 0.25) is 0 Å². The van der Waals surface area contributed by atoms with Crippen LogP contribution in [0, 0.1) is 5.82 Å². The molecule has 1 fully saturated rings. The number of halogens is 1. The van der Waals surface area contributed by atoms with Gasteiger partial charge in [0.25, 0.3) is 5.56 Å². The summed E-state index contributed by atoms with van der Waals surface area (Å²) in [5.74, 6) is -0.152. The highest BCUT2D eigenvalue weighted by molar-refractivity contribution is 5.98. The number of aromatic nitrogens is 3. The quantitative estimate of drug-likeness (QED) is 0.428. The van der Waals surface area contributed by atoms with Gasteiger partial charge in [-0.1, -0.05) is 6.07 Å². The number of imidazole rings is 1. The molecule has 5 N–H and O–H groups in total. The number of nitrogens with two attached hydrogens (primary N) is 1. The van der Waals surface area contributed by atoms with Crippen molar-refractivity contribution in [1.82, 2.24) is 20.3 Å². The van der Waals surface area contributed by atoms with E-state index in [4.69, 9.17) is 5.73 Å². The Hall–Kier alpha value is -3.39. The first kappa shape index (κ1) is 16.8. The highest BCUT2D eigenvalue weighted by Crippen LogP contribution is 2.30. The molecule has 28 heavy (non-hydrogen) atoms. The molecule has 2 aromatic carbocycles. The lowest BCUT2D eigenvalue weighted by Gasteiger charge is -2.29. The number of hydrogen-bond acceptors (Lipinski definition) is 5. The number of anilines is 2. The van der Waals surface area contributed by atoms with Gasteiger partial charge in [0.05, 0.1) is 27.6 Å². The van der Waals surface area contributed by atoms with Crippen molar-refractivity contribution in [2.45, 2.75) is 0 Å². The van der Waals surface area contributed by atoms with Gasteiger partial charge in [-0.25, -0.2) is 9.37 Å². The largest absolute Gasteiger partial charge is 0.397 e. The number of aromatic amines is 2. The number of pyridine rings is 1. The summed E-state index contributed by atoms with van der Waals surface area (Å²) in [5.41, 5.74) is 8.99. The van der Waals surface area contributed by atoms with Crippen molar-refractivity contribution in [3.05, 3.63) is 52.6 Å². The third-order valence-electron chi connectivity index (χ3n) is 5.21. The summed E-state index contributed by atoms with van der Waals surface area (Å²) in [7, 11) is 0. The second kappa shape index (κ2) is 6.35. The first-order valence-electron chi connectivity index (χ1n) is 9.17. The molecule has 2 aromatic heterocycles. The Morgan fingerprint density at radius 2 is 1.89 bits per heavy atom. The maximum atomic E-state index is 14.3. The van der Waals surface area contributed by atoms with Crippen LogP contribution in [-0.2, 0) is 0 Å². The summed E-state index contributed by atoms with van der Waals surface area (Å²) >= 11 is 0. The molecule has 142 valence electrons. The normalized spacial score (nSPS) is 14.8. The molecule has 1 saturated heterocycles. The van der Waals surface area contributed by atoms with Gasteiger partial charge in [-0.3, -0.25) is 4.79 Å². The van der Waals surface area contributed by atoms with E-state index in [1.807, 2.05) is 18.2 Å². The zero-order chi connectivity index (χ0) is 19.3. The molecule has 4 aromatic rings. The molecule has 0 atom stereocenters. The van der Waals surface area contributed by atoms with E-state index in [9.17, 15) is 9.18 Å². The van der Waals surface area contributed by atoms with E-state index in [0.29, 0.717) is 11.3 Å². The van der Waals surface area contributed by atoms with Crippen molar-refractivity contribution >= 4 is 33.3 Å². The van der Waals surface area contributed by atoms with E-state index in [1.165, 1.54) is 12.1 Å². The van der Waals surface area contributed by atoms with Gasteiger partial charge in [0.1, 0.15) is 17.2 Å². The van der Waals surface area contributed by atoms with Crippen LogP contribution in [0.4, 0.5) is 15.8 Å². The van der Waals surface area contributed by atoms with E-state index in [1.54, 1.807) is 6.07 Å². The highest BCUT2D eigenvalue weighted by Gasteiger charge is 2.18. The van der Waals surface area contributed by atoms with E-state index in [-0.39, 0.29) is 16.6 Å². The zero-order valence-corrected chi connectivity index (χ0v) is 15.1. The van der Waals surface area contributed by atoms with Gasteiger partial charge < -0.3 is 25.9 Å². The monoisotopic (exact) mass is 378 g/mol. The topological polar surface area (TPSA) is 103 Å². The summed E-state index contributed by atoms with van der Waals surface area (Å²) in [6.45, 7) is 3.75. The SMILES string of the molecule is Nc1c(-c2nc3cc(N4CCNCC4)ccc3[nH]2)c(=O)[nH]c2cccc(F)c12. The number of hydrogen-bond donors (Lipinski definition) is 4. The first-order valence-corrected chi connectivity index (χ1v) is 9.17. The highest BCUT2D eigenvalue weighted by atomic mass is 19.1. The summed E-state index contributed by atoms with van der Waals surface area (Å²) in [6, 6.07) is 10.4. The maximum absolute atomic E-state index is 14.3. The van der Waals surface area contributed by atoms with E-state index in [0.717, 1.165) is 42.9 Å². The van der Waals surface area contributed by atoms with Crippen LogP contribution in [-0.4, -0.2) is 41.1 Å². The molecule has 1 aliphatic heterocycles. The number of piperazine rings is 1. The van der Waals surface area contributed by atoms with E-state index in [2.05, 4.69) is 25.2 Å². The van der Waals surface area contributed by atoms with E-state index < -0.39 is 11.4 Å². The number of rotatable bonds is 2. The van der Waals surface area contributed by atoms with E-state index >= 15 is 0 Å². The molecular weight excluding hydrogens is 359 g/mol. The number of nitrogens with one attached hydrogen (secondary N) is 3. The lowest BCUT2D eigenvalue weighted by molar-refractivity contribution is 0.589. The number of H-pyrrole nitrogens is 2. The Morgan fingerprint density at radius 3 is 2.71 bits per heavy atom. The molecule has 0 aliphatic carbocycles. The molecular formula is C20H19FN6O. The Labute approximate surface area is 159 Å². The third-order valence-corrected chi connectivity index (χ3v) is 5.21. The van der Waals surface area contributed by atoms with Gasteiger partial charge in [0, 0.05) is 31.9 Å². The molecule has 0 saturated carbocycles. The van der Waals surface area contributed by atoms with Crippen LogP contribution in [0.5, 0.6) is 0 Å². The molecule has 3 heterocycles. The first-order chi connectivity index (χ1) is 13.6. The van der Waals surface area contributed by atoms with Crippen LogP contribution < -0.4 is 21.5 Å². The van der Waals surface area contributed by atoms with Crippen molar-refractivity contribution < 1.29 is 4.39 Å². The number of fused-ring (bicyclic) bond motifs is 2. The van der Waals surface area contributed by atoms with Gasteiger partial charge in [-0.2, -0.15) is 0 Å². The van der Waals surface area contributed by atoms with Crippen LogP contribution in [0.2, 0.25) is 0 Å². The number of benzene rings is 2. The van der Waals surface area contributed by atoms with Crippen molar-refractivity contribution in [1.29, 1.82) is 0 Å². The van der Waals surface area contributed by atoms with Gasteiger partial charge in [0.15, 0.2) is 0 Å². The molecule has 0 amide bonds. The van der Waals surface area contributed by atoms with Crippen LogP contribution in [0.25, 0.3) is 33.3 Å². The lowest BCUT2D eigenvalue weighted by atomic mass is 10.1. The third kappa shape index (κ3) is 2.61. The smallest absolute Gasteiger partial charge is 0.261 e. The maximum Gasteiger partial charge on any atom is 0.261 e. The average Bonchev–Trinajstić information content (AvgIpc) is 3.11. The zero-order valence-electron chi connectivity index (χ0n) is 15.1. The Morgan fingerprint density at radius 1 is 1.07 bits per heavy atom. The van der Waals surface area contributed by atoms with Crippen LogP contribution in [0.3, 0.4) is 0 Å². The molecule has 8 heteroatoms. The number of nitrogen functional groups attached to an aromatic ring is 1. The van der Waals surface area contributed by atoms with Crippen molar-refractivity contribution in [2.24, 2.45) is 0 Å².